The fraction of sp³-hybridized carbons (Fsp3) is 0.757. The van der Waals surface area contributed by atoms with Crippen LogP contribution in [0.1, 0.15) is 36.8 Å². The van der Waals surface area contributed by atoms with Gasteiger partial charge in [0.25, 0.3) is 0 Å². The van der Waals surface area contributed by atoms with Crippen molar-refractivity contribution in [1.82, 2.24) is 16.0 Å². The minimum absolute atomic E-state index is 0.00171. The Hall–Kier alpha value is -3.51. The first-order valence-electron chi connectivity index (χ1n) is 20.2. The molecule has 1 aromatic carbocycles. The smallest absolute Gasteiger partial charge is 0.442 e. The number of nitrogens with one attached hydrogen (secondary N) is 3. The highest BCUT2D eigenvalue weighted by Gasteiger charge is 2.65. The normalized spacial score (nSPS) is 28.2. The molecule has 11 N–H and O–H groups in total. The maximum absolute atomic E-state index is 13.8. The molecule has 4 heterocycles. The summed E-state index contributed by atoms with van der Waals surface area (Å²) in [5.74, 6) is 0.730. The molecule has 0 aromatic heterocycles. The average Bonchev–Trinajstić information content (AvgIpc) is 3.90. The van der Waals surface area contributed by atoms with Crippen LogP contribution < -0.4 is 20.7 Å². The van der Waals surface area contributed by atoms with Crippen molar-refractivity contribution in [2.45, 2.75) is 117 Å². The van der Waals surface area contributed by atoms with Crippen LogP contribution in [-0.2, 0) is 40.8 Å². The summed E-state index contributed by atoms with van der Waals surface area (Å²) in [6.45, 7) is -1.50. The zero-order valence-corrected chi connectivity index (χ0v) is 34.7. The number of unbranched alkanes of at least 4 members (excludes halogenated alkanes) is 1. The van der Waals surface area contributed by atoms with Gasteiger partial charge in [0, 0.05) is 35.1 Å². The Balaban J connectivity index is 1.02. The van der Waals surface area contributed by atoms with Crippen molar-refractivity contribution in [3.63, 3.8) is 0 Å². The SMILES string of the molecule is O=C(CCCC[C@@H]1SCC2NC(=O)NC21)NCCOCCOCCOc1cc(C2(C(F)(F)F)N=N2)ccc1CO/N=C/[C@H](O)[C@@H](O)[C@H](O[C@@H]1O[C@H](CO)[C@H](O)[C@H](O)[C@H]1O)[C@H](O)CO. The number of benzene rings is 1. The number of hydrogen-bond acceptors (Lipinski definition) is 20. The molecule has 26 heteroatoms. The van der Waals surface area contributed by atoms with E-state index in [1.165, 1.54) is 6.07 Å². The van der Waals surface area contributed by atoms with Gasteiger partial charge in [-0.05, 0) is 18.9 Å². The minimum Gasteiger partial charge on any atom is -0.491 e. The lowest BCUT2D eigenvalue weighted by Crippen LogP contribution is -2.61. The standard InChI is InChI=1S/C37H55F3N6O16S/c38-37(39,40)36(45-46-36)20-6-5-19(17-60-42-14-22(49)29(52)33(23(50)15-47)62-34-32(55)31(54)30(53)25(16-48)61-34)24(13-20)59-12-11-58-10-9-57-8-7-41-27(51)4-2-1-3-26-28-21(18-63-26)43-35(56)44-28/h5-6,13-14,21-23,25-26,28-34,47-50,52-55H,1-4,7-12,15-18H2,(H,41,51)(H2,43,44,56)/b42-14+/t21?,22-,23+,25+,26-,28?,29+,30-,31-,32+,33+,34-/m0/s1. The molecule has 12 atom stereocenters. The molecule has 1 aromatic rings. The second kappa shape index (κ2) is 23.6. The second-order valence-corrected chi connectivity index (χ2v) is 16.3. The quantitative estimate of drug-likeness (QED) is 0.0195. The minimum atomic E-state index is -4.82. The average molecular weight is 929 g/mol. The Morgan fingerprint density at radius 1 is 1.03 bits per heavy atom. The van der Waals surface area contributed by atoms with Gasteiger partial charge in [0.05, 0.1) is 57.9 Å². The Labute approximate surface area is 363 Å². The summed E-state index contributed by atoms with van der Waals surface area (Å²) in [6.07, 6.45) is -17.9. The highest BCUT2D eigenvalue weighted by Crippen LogP contribution is 2.53. The summed E-state index contributed by atoms with van der Waals surface area (Å²) in [5.41, 5.74) is -2.89. The molecule has 3 fully saturated rings. The predicted octanol–water partition coefficient (Wildman–Crippen LogP) is -2.12. The third kappa shape index (κ3) is 13.5. The number of thioether (sulfide) groups is 1. The summed E-state index contributed by atoms with van der Waals surface area (Å²) in [5, 5.41) is 99.8. The fourth-order valence-electron chi connectivity index (χ4n) is 6.96. The Morgan fingerprint density at radius 2 is 1.76 bits per heavy atom. The van der Waals surface area contributed by atoms with Gasteiger partial charge < -0.3 is 85.3 Å². The van der Waals surface area contributed by atoms with E-state index in [-0.39, 0.29) is 73.9 Å². The van der Waals surface area contributed by atoms with Gasteiger partial charge in [-0.25, -0.2) is 4.79 Å². The summed E-state index contributed by atoms with van der Waals surface area (Å²) < 4.78 is 68.6. The molecule has 4 aliphatic rings. The van der Waals surface area contributed by atoms with Gasteiger partial charge in [0.15, 0.2) is 6.29 Å². The van der Waals surface area contributed by atoms with Crippen molar-refractivity contribution in [3.8, 4) is 5.75 Å². The Morgan fingerprint density at radius 3 is 2.46 bits per heavy atom. The zero-order chi connectivity index (χ0) is 45.7. The molecule has 0 aliphatic carbocycles. The third-order valence-electron chi connectivity index (χ3n) is 10.6. The van der Waals surface area contributed by atoms with Crippen molar-refractivity contribution in [2.24, 2.45) is 15.4 Å². The monoisotopic (exact) mass is 928 g/mol. The number of rotatable bonds is 27. The van der Waals surface area contributed by atoms with E-state index in [9.17, 15) is 63.6 Å². The third-order valence-corrected chi connectivity index (χ3v) is 12.1. The topological polar surface area (TPSA) is 325 Å². The number of oxime groups is 1. The molecule has 5 rings (SSSR count). The number of carbonyl (C=O) groups excluding carboxylic acids is 2. The van der Waals surface area contributed by atoms with Crippen molar-refractivity contribution in [1.29, 1.82) is 0 Å². The number of hydrogen-bond donors (Lipinski definition) is 11. The van der Waals surface area contributed by atoms with E-state index in [0.29, 0.717) is 24.4 Å². The van der Waals surface area contributed by atoms with Gasteiger partial charge >= 0.3 is 17.9 Å². The first kappa shape index (κ1) is 50.5. The zero-order valence-electron chi connectivity index (χ0n) is 33.9. The highest BCUT2D eigenvalue weighted by molar-refractivity contribution is 8.00. The largest absolute Gasteiger partial charge is 0.491 e. The lowest BCUT2D eigenvalue weighted by atomic mass is 9.98. The van der Waals surface area contributed by atoms with E-state index in [1.54, 1.807) is 0 Å². The van der Waals surface area contributed by atoms with Gasteiger partial charge in [-0.1, -0.05) is 23.7 Å². The van der Waals surface area contributed by atoms with Crippen LogP contribution in [0.5, 0.6) is 5.75 Å². The molecule has 2 unspecified atom stereocenters. The molecule has 4 aliphatic heterocycles. The van der Waals surface area contributed by atoms with E-state index in [4.69, 9.17) is 28.5 Å². The number of aliphatic hydroxyl groups excluding tert-OH is 8. The van der Waals surface area contributed by atoms with Gasteiger partial charge in [-0.15, -0.1) is 10.2 Å². The number of aliphatic hydroxyl groups is 8. The van der Waals surface area contributed by atoms with E-state index >= 15 is 0 Å². The number of alkyl halides is 3. The molecule has 0 bridgehead atoms. The lowest BCUT2D eigenvalue weighted by Gasteiger charge is -2.42. The van der Waals surface area contributed by atoms with Crippen LogP contribution >= 0.6 is 11.8 Å². The van der Waals surface area contributed by atoms with Gasteiger partial charge in [-0.2, -0.15) is 24.9 Å². The number of halogens is 3. The molecular formula is C37H55F3N6O16S. The molecule has 0 saturated carbocycles. The number of carbonyl (C=O) groups is 2. The first-order valence-corrected chi connectivity index (χ1v) is 21.3. The Kier molecular flexibility index (Phi) is 18.9. The number of amides is 3. The maximum atomic E-state index is 13.8. The van der Waals surface area contributed by atoms with E-state index < -0.39 is 86.8 Å². The molecule has 0 radical (unpaired) electrons. The fourth-order valence-corrected chi connectivity index (χ4v) is 8.50. The summed E-state index contributed by atoms with van der Waals surface area (Å²) in [4.78, 5) is 28.9. The van der Waals surface area contributed by atoms with Crippen molar-refractivity contribution in [3.05, 3.63) is 29.3 Å². The van der Waals surface area contributed by atoms with Crippen molar-refractivity contribution in [2.75, 3.05) is 58.5 Å². The molecular weight excluding hydrogens is 873 g/mol. The lowest BCUT2D eigenvalue weighted by molar-refractivity contribution is -0.326. The summed E-state index contributed by atoms with van der Waals surface area (Å²) in [6, 6.07) is 3.64. The molecule has 3 amide bonds. The molecule has 3 saturated heterocycles. The van der Waals surface area contributed by atoms with Crippen LogP contribution in [0.2, 0.25) is 0 Å². The van der Waals surface area contributed by atoms with Crippen LogP contribution in [0, 0.1) is 0 Å². The number of ether oxygens (including phenoxy) is 5. The van der Waals surface area contributed by atoms with Crippen molar-refractivity contribution < 1.29 is 92.1 Å². The van der Waals surface area contributed by atoms with E-state index in [2.05, 4.69) is 31.3 Å². The molecule has 63 heavy (non-hydrogen) atoms. The number of nitrogens with zero attached hydrogens (tertiary/aromatic N) is 3. The Bertz CT molecular complexity index is 1680. The summed E-state index contributed by atoms with van der Waals surface area (Å²) >= 11 is 1.83. The first-order chi connectivity index (χ1) is 30.1. The van der Waals surface area contributed by atoms with Crippen LogP contribution in [-0.4, -0.2) is 196 Å². The summed E-state index contributed by atoms with van der Waals surface area (Å²) in [7, 11) is 0. The van der Waals surface area contributed by atoms with Gasteiger partial charge in [0.1, 0.15) is 67.8 Å². The van der Waals surface area contributed by atoms with Crippen LogP contribution in [0.15, 0.2) is 33.6 Å². The van der Waals surface area contributed by atoms with Gasteiger partial charge in [-0.3, -0.25) is 4.79 Å². The van der Waals surface area contributed by atoms with E-state index in [1.807, 2.05) is 11.8 Å². The van der Waals surface area contributed by atoms with Crippen LogP contribution in [0.3, 0.4) is 0 Å². The molecule has 0 spiro atoms. The second-order valence-electron chi connectivity index (χ2n) is 15.0. The van der Waals surface area contributed by atoms with Crippen molar-refractivity contribution >= 4 is 29.9 Å². The highest BCUT2D eigenvalue weighted by atomic mass is 32.2. The van der Waals surface area contributed by atoms with Gasteiger partial charge in [0.2, 0.25) is 5.91 Å². The van der Waals surface area contributed by atoms with Crippen LogP contribution in [0.4, 0.5) is 18.0 Å². The predicted molar refractivity (Wildman–Crippen MR) is 210 cm³/mol. The number of urea groups is 1. The van der Waals surface area contributed by atoms with Crippen LogP contribution in [0.25, 0.3) is 0 Å². The molecule has 356 valence electrons. The molecule has 22 nitrogen and oxygen atoms in total. The maximum Gasteiger partial charge on any atom is 0.442 e. The van der Waals surface area contributed by atoms with E-state index in [0.717, 1.165) is 37.1 Å². The number of fused-ring (bicyclic) bond motifs is 1.